The van der Waals surface area contributed by atoms with Gasteiger partial charge in [0.25, 0.3) is 0 Å². The first-order valence-corrected chi connectivity index (χ1v) is 4.11. The number of ether oxygens (including phenoxy) is 3. The maximum atomic E-state index is 11.7. The molecular formula is C7H8F6O3. The molecule has 0 unspecified atom stereocenters. The Balaban J connectivity index is 2.39. The molecule has 1 heterocycles. The van der Waals surface area contributed by atoms with Crippen LogP contribution in [0.15, 0.2) is 0 Å². The lowest BCUT2D eigenvalue weighted by Crippen LogP contribution is -2.51. The number of halogens is 6. The van der Waals surface area contributed by atoms with Gasteiger partial charge in [0.15, 0.2) is 0 Å². The van der Waals surface area contributed by atoms with Gasteiger partial charge in [-0.25, -0.2) is 0 Å². The van der Waals surface area contributed by atoms with Crippen molar-refractivity contribution in [2.75, 3.05) is 26.4 Å². The average molecular weight is 254 g/mol. The summed E-state index contributed by atoms with van der Waals surface area (Å²) < 4.78 is 81.7. The quantitative estimate of drug-likeness (QED) is 0.719. The summed E-state index contributed by atoms with van der Waals surface area (Å²) in [7, 11) is 0. The number of alkyl halides is 6. The Morgan fingerprint density at radius 3 is 1.44 bits per heavy atom. The molecule has 0 saturated carbocycles. The molecule has 1 aliphatic rings. The van der Waals surface area contributed by atoms with Crippen molar-refractivity contribution in [1.82, 2.24) is 0 Å². The summed E-state index contributed by atoms with van der Waals surface area (Å²) in [6.45, 7) is -2.32. The molecule has 0 aromatic carbocycles. The van der Waals surface area contributed by atoms with E-state index in [4.69, 9.17) is 0 Å². The highest BCUT2D eigenvalue weighted by molar-refractivity contribution is 4.85. The fraction of sp³-hybridized carbons (Fsp3) is 1.00. The van der Waals surface area contributed by atoms with Crippen molar-refractivity contribution in [3.8, 4) is 0 Å². The van der Waals surface area contributed by atoms with Crippen molar-refractivity contribution >= 4 is 0 Å². The monoisotopic (exact) mass is 254 g/mol. The second-order valence-electron chi connectivity index (χ2n) is 3.46. The summed E-state index contributed by atoms with van der Waals surface area (Å²) in [5.74, 6) is 0. The van der Waals surface area contributed by atoms with E-state index in [-0.39, 0.29) is 13.2 Å². The van der Waals surface area contributed by atoms with E-state index in [1.807, 2.05) is 0 Å². The predicted molar refractivity (Wildman–Crippen MR) is 37.3 cm³/mol. The van der Waals surface area contributed by atoms with Crippen molar-refractivity contribution in [3.05, 3.63) is 0 Å². The first-order chi connectivity index (χ1) is 7.12. The molecule has 0 amide bonds. The summed E-state index contributed by atoms with van der Waals surface area (Å²) in [5, 5.41) is 0. The zero-order valence-corrected chi connectivity index (χ0v) is 7.82. The van der Waals surface area contributed by atoms with E-state index in [1.165, 1.54) is 0 Å². The van der Waals surface area contributed by atoms with Gasteiger partial charge in [-0.05, 0) is 0 Å². The Morgan fingerprint density at radius 1 is 0.875 bits per heavy atom. The van der Waals surface area contributed by atoms with Gasteiger partial charge in [-0.2, -0.15) is 0 Å². The minimum Gasteiger partial charge on any atom is -0.380 e. The smallest absolute Gasteiger partial charge is 0.380 e. The lowest BCUT2D eigenvalue weighted by Gasteiger charge is -2.40. The van der Waals surface area contributed by atoms with Crippen molar-refractivity contribution in [2.24, 2.45) is 5.41 Å². The third-order valence-corrected chi connectivity index (χ3v) is 1.90. The molecule has 0 aromatic rings. The van der Waals surface area contributed by atoms with E-state index in [0.29, 0.717) is 0 Å². The molecule has 0 radical (unpaired) electrons. The molecule has 1 aliphatic heterocycles. The molecular weight excluding hydrogens is 246 g/mol. The minimum atomic E-state index is -4.87. The van der Waals surface area contributed by atoms with Crippen LogP contribution in [-0.2, 0) is 14.2 Å². The second kappa shape index (κ2) is 4.38. The Labute approximate surface area is 86.3 Å². The minimum absolute atomic E-state index is 0.251. The molecule has 0 aromatic heterocycles. The number of hydrogen-bond acceptors (Lipinski definition) is 3. The van der Waals surface area contributed by atoms with Crippen molar-refractivity contribution in [3.63, 3.8) is 0 Å². The predicted octanol–water partition coefficient (Wildman–Crippen LogP) is 2.08. The normalized spacial score (nSPS) is 20.6. The molecule has 1 rings (SSSR count). The fourth-order valence-corrected chi connectivity index (χ4v) is 1.07. The van der Waals surface area contributed by atoms with Crippen molar-refractivity contribution < 1.29 is 40.6 Å². The Kier molecular flexibility index (Phi) is 3.70. The van der Waals surface area contributed by atoms with E-state index >= 15 is 0 Å². The zero-order valence-electron chi connectivity index (χ0n) is 7.82. The van der Waals surface area contributed by atoms with E-state index < -0.39 is 31.4 Å². The van der Waals surface area contributed by atoms with Gasteiger partial charge in [-0.15, -0.1) is 26.3 Å². The number of rotatable bonds is 4. The van der Waals surface area contributed by atoms with Crippen LogP contribution in [0.4, 0.5) is 26.3 Å². The van der Waals surface area contributed by atoms with Crippen molar-refractivity contribution in [1.29, 1.82) is 0 Å². The number of hydrogen-bond donors (Lipinski definition) is 0. The molecule has 1 saturated heterocycles. The third kappa shape index (κ3) is 4.54. The van der Waals surface area contributed by atoms with Gasteiger partial charge in [-0.1, -0.05) is 0 Å². The summed E-state index contributed by atoms with van der Waals surface area (Å²) in [5.41, 5.74) is -1.37. The summed E-state index contributed by atoms with van der Waals surface area (Å²) in [4.78, 5) is 0. The van der Waals surface area contributed by atoms with Gasteiger partial charge < -0.3 is 4.74 Å². The van der Waals surface area contributed by atoms with Crippen LogP contribution in [0.3, 0.4) is 0 Å². The largest absolute Gasteiger partial charge is 0.522 e. The Hall–Kier alpha value is -0.540. The molecule has 0 spiro atoms. The molecule has 9 heteroatoms. The molecule has 96 valence electrons. The summed E-state index contributed by atoms with van der Waals surface area (Å²) in [6.07, 6.45) is -9.75. The lowest BCUT2D eigenvalue weighted by atomic mass is 9.88. The van der Waals surface area contributed by atoms with Crippen LogP contribution in [0.25, 0.3) is 0 Å². The van der Waals surface area contributed by atoms with Crippen LogP contribution >= 0.6 is 0 Å². The molecule has 0 N–H and O–H groups in total. The molecule has 16 heavy (non-hydrogen) atoms. The SMILES string of the molecule is FC(F)(F)OCC1(COC(F)(F)F)COC1. The van der Waals surface area contributed by atoms with Crippen LogP contribution in [-0.4, -0.2) is 39.2 Å². The first-order valence-electron chi connectivity index (χ1n) is 4.11. The van der Waals surface area contributed by atoms with E-state index in [9.17, 15) is 26.3 Å². The van der Waals surface area contributed by atoms with Crippen molar-refractivity contribution in [2.45, 2.75) is 12.7 Å². The highest BCUT2D eigenvalue weighted by Crippen LogP contribution is 2.33. The maximum absolute atomic E-state index is 11.7. The maximum Gasteiger partial charge on any atom is 0.522 e. The first kappa shape index (κ1) is 13.5. The lowest BCUT2D eigenvalue weighted by molar-refractivity contribution is -0.367. The van der Waals surface area contributed by atoms with Crippen LogP contribution in [0.5, 0.6) is 0 Å². The zero-order chi connectivity index (χ0) is 12.4. The summed E-state index contributed by atoms with van der Waals surface area (Å²) >= 11 is 0. The molecule has 0 bridgehead atoms. The van der Waals surface area contributed by atoms with Crippen LogP contribution < -0.4 is 0 Å². The molecule has 1 fully saturated rings. The van der Waals surface area contributed by atoms with E-state index in [2.05, 4.69) is 14.2 Å². The topological polar surface area (TPSA) is 27.7 Å². The Bertz CT molecular complexity index is 211. The van der Waals surface area contributed by atoms with Crippen LogP contribution in [0, 0.1) is 5.41 Å². The van der Waals surface area contributed by atoms with Gasteiger partial charge in [0.05, 0.1) is 31.8 Å². The molecule has 0 aliphatic carbocycles. The van der Waals surface area contributed by atoms with Gasteiger partial charge in [0.1, 0.15) is 0 Å². The fourth-order valence-electron chi connectivity index (χ4n) is 1.07. The highest BCUT2D eigenvalue weighted by Gasteiger charge is 2.46. The van der Waals surface area contributed by atoms with Gasteiger partial charge >= 0.3 is 12.7 Å². The summed E-state index contributed by atoms with van der Waals surface area (Å²) in [6, 6.07) is 0. The average Bonchev–Trinajstić information content (AvgIpc) is 1.97. The van der Waals surface area contributed by atoms with Gasteiger partial charge in [0.2, 0.25) is 0 Å². The molecule has 3 nitrogen and oxygen atoms in total. The standard InChI is InChI=1S/C7H8F6O3/c8-6(9,10)15-3-5(1-14-2-5)4-16-7(11,12)13/h1-4H2. The van der Waals surface area contributed by atoms with Crippen LogP contribution in [0.2, 0.25) is 0 Å². The van der Waals surface area contributed by atoms with Gasteiger partial charge in [0, 0.05) is 0 Å². The van der Waals surface area contributed by atoms with Gasteiger partial charge in [-0.3, -0.25) is 9.47 Å². The highest BCUT2D eigenvalue weighted by atomic mass is 19.4. The third-order valence-electron chi connectivity index (χ3n) is 1.90. The Morgan fingerprint density at radius 2 is 1.25 bits per heavy atom. The second-order valence-corrected chi connectivity index (χ2v) is 3.46. The van der Waals surface area contributed by atoms with E-state index in [0.717, 1.165) is 0 Å². The molecule has 0 atom stereocenters. The van der Waals surface area contributed by atoms with Crippen LogP contribution in [0.1, 0.15) is 0 Å². The van der Waals surface area contributed by atoms with E-state index in [1.54, 1.807) is 0 Å².